The van der Waals surface area contributed by atoms with Gasteiger partial charge in [-0.05, 0) is 42.5 Å². The first-order chi connectivity index (χ1) is 17.0. The third-order valence-electron chi connectivity index (χ3n) is 6.02. The van der Waals surface area contributed by atoms with E-state index < -0.39 is 35.3 Å². The van der Waals surface area contributed by atoms with Gasteiger partial charge in [0.05, 0.1) is 33.3 Å². The molecule has 4 aromatic rings. The molecule has 2 N–H and O–H groups in total. The van der Waals surface area contributed by atoms with Crippen LogP contribution in [0.1, 0.15) is 26.3 Å². The quantitative estimate of drug-likeness (QED) is 0.399. The van der Waals surface area contributed by atoms with E-state index in [1.165, 1.54) is 30.3 Å². The molecular weight excluding hydrogens is 499 g/mol. The Hall–Kier alpha value is -3.89. The van der Waals surface area contributed by atoms with E-state index in [1.54, 1.807) is 18.2 Å². The fourth-order valence-electron chi connectivity index (χ4n) is 4.19. The smallest absolute Gasteiger partial charge is 0.417 e. The summed E-state index contributed by atoms with van der Waals surface area (Å²) in [6.07, 6.45) is -5.32. The van der Waals surface area contributed by atoms with Crippen molar-refractivity contribution in [3.05, 3.63) is 82.4 Å². The van der Waals surface area contributed by atoms with Gasteiger partial charge >= 0.3 is 12.1 Å². The van der Waals surface area contributed by atoms with Crippen LogP contribution in [0.15, 0.2) is 60.7 Å². The van der Waals surface area contributed by atoms with Crippen LogP contribution < -0.4 is 4.90 Å². The number of hydrogen-bond acceptors (Lipinski definition) is 5. The number of carboxylic acid groups (broad SMARTS) is 1. The average molecular weight is 516 g/mol. The van der Waals surface area contributed by atoms with Crippen molar-refractivity contribution in [3.63, 3.8) is 0 Å². The lowest BCUT2D eigenvalue weighted by atomic mass is 10.0. The Morgan fingerprint density at radius 1 is 1.03 bits per heavy atom. The van der Waals surface area contributed by atoms with E-state index in [0.717, 1.165) is 16.8 Å². The summed E-state index contributed by atoms with van der Waals surface area (Å²) in [5.74, 6) is -2.18. The zero-order chi connectivity index (χ0) is 25.8. The van der Waals surface area contributed by atoms with E-state index in [2.05, 4.69) is 5.10 Å². The molecule has 1 aliphatic rings. The predicted molar refractivity (Wildman–Crippen MR) is 127 cm³/mol. The molecule has 2 heterocycles. The van der Waals surface area contributed by atoms with Crippen LogP contribution in [0.5, 0.6) is 0 Å². The molecule has 0 saturated carbocycles. The number of carbonyl (C=O) groups is 2. The SMILES string of the molecule is O=C(O)c1ccc(-c2nn(C(=O)c3c(Cl)cccc3C(F)(F)F)c3cc(N4CC(O)C4)ccc23)cc1. The van der Waals surface area contributed by atoms with E-state index in [-0.39, 0.29) is 21.8 Å². The van der Waals surface area contributed by atoms with Gasteiger partial charge in [-0.2, -0.15) is 23.0 Å². The topological polar surface area (TPSA) is 95.7 Å². The standard InChI is InChI=1S/C25H17ClF3N3O4/c26-19-3-1-2-18(25(27,28)29)21(19)23(34)32-20-10-15(31-11-16(33)12-31)8-9-17(20)22(30-32)13-4-6-14(7-5-13)24(35)36/h1-10,16,33H,11-12H2,(H,35,36). The summed E-state index contributed by atoms with van der Waals surface area (Å²) >= 11 is 6.08. The Balaban J connectivity index is 1.71. The van der Waals surface area contributed by atoms with Crippen molar-refractivity contribution < 1.29 is 33.0 Å². The Kier molecular flexibility index (Phi) is 5.73. The van der Waals surface area contributed by atoms with Gasteiger partial charge in [-0.3, -0.25) is 4.79 Å². The summed E-state index contributed by atoms with van der Waals surface area (Å²) in [6, 6.07) is 13.9. The molecule has 184 valence electrons. The van der Waals surface area contributed by atoms with Crippen molar-refractivity contribution in [1.29, 1.82) is 0 Å². The zero-order valence-corrected chi connectivity index (χ0v) is 19.1. The molecule has 3 aromatic carbocycles. The Morgan fingerprint density at radius 2 is 1.72 bits per heavy atom. The molecule has 0 aliphatic carbocycles. The molecular formula is C25H17ClF3N3O4. The lowest BCUT2D eigenvalue weighted by molar-refractivity contribution is -0.137. The number of hydrogen-bond donors (Lipinski definition) is 2. The minimum absolute atomic E-state index is 0.0445. The maximum Gasteiger partial charge on any atom is 0.417 e. The maximum absolute atomic E-state index is 13.7. The van der Waals surface area contributed by atoms with E-state index in [9.17, 15) is 33.0 Å². The van der Waals surface area contributed by atoms with Gasteiger partial charge in [0.15, 0.2) is 0 Å². The second-order valence-corrected chi connectivity index (χ2v) is 8.78. The number of β-amino-alcohol motifs (C(OH)–C–C–N with tert-alkyl or cyclic N) is 1. The van der Waals surface area contributed by atoms with Crippen LogP contribution in [0.3, 0.4) is 0 Å². The number of aliphatic hydroxyl groups excluding tert-OH is 1. The Bertz CT molecular complexity index is 1510. The van der Waals surface area contributed by atoms with Gasteiger partial charge in [0.1, 0.15) is 5.69 Å². The number of rotatable bonds is 4. The normalized spacial score (nSPS) is 14.2. The van der Waals surface area contributed by atoms with E-state index >= 15 is 0 Å². The first-order valence-corrected chi connectivity index (χ1v) is 11.1. The van der Waals surface area contributed by atoms with Gasteiger partial charge in [-0.25, -0.2) is 4.79 Å². The van der Waals surface area contributed by atoms with Crippen LogP contribution in [-0.4, -0.2) is 51.1 Å². The fourth-order valence-corrected chi connectivity index (χ4v) is 4.44. The monoisotopic (exact) mass is 515 g/mol. The van der Waals surface area contributed by atoms with Crippen molar-refractivity contribution in [2.45, 2.75) is 12.3 Å². The number of benzene rings is 3. The number of aromatic nitrogens is 2. The number of alkyl halides is 3. The van der Waals surface area contributed by atoms with E-state index in [1.807, 2.05) is 4.90 Å². The molecule has 0 spiro atoms. The second kappa shape index (κ2) is 8.65. The van der Waals surface area contributed by atoms with Crippen molar-refractivity contribution in [2.75, 3.05) is 18.0 Å². The minimum Gasteiger partial charge on any atom is -0.478 e. The molecule has 11 heteroatoms. The number of anilines is 1. The van der Waals surface area contributed by atoms with Crippen LogP contribution in [0.2, 0.25) is 5.02 Å². The van der Waals surface area contributed by atoms with Gasteiger partial charge < -0.3 is 15.1 Å². The highest BCUT2D eigenvalue weighted by molar-refractivity contribution is 6.34. The molecule has 1 aromatic heterocycles. The lowest BCUT2D eigenvalue weighted by Gasteiger charge is -2.37. The third kappa shape index (κ3) is 4.08. The second-order valence-electron chi connectivity index (χ2n) is 8.37. The summed E-state index contributed by atoms with van der Waals surface area (Å²) in [7, 11) is 0. The molecule has 0 unspecified atom stereocenters. The molecule has 5 rings (SSSR count). The van der Waals surface area contributed by atoms with Crippen molar-refractivity contribution in [3.8, 4) is 11.3 Å². The van der Waals surface area contributed by atoms with Crippen LogP contribution in [-0.2, 0) is 6.18 Å². The van der Waals surface area contributed by atoms with Gasteiger partial charge in [-0.1, -0.05) is 29.8 Å². The predicted octanol–water partition coefficient (Wildman–Crippen LogP) is 4.94. The molecule has 7 nitrogen and oxygen atoms in total. The fraction of sp³-hybridized carbons (Fsp3) is 0.160. The molecule has 0 amide bonds. The Morgan fingerprint density at radius 3 is 2.33 bits per heavy atom. The average Bonchev–Trinajstić information content (AvgIpc) is 3.20. The summed E-state index contributed by atoms with van der Waals surface area (Å²) in [4.78, 5) is 26.6. The largest absolute Gasteiger partial charge is 0.478 e. The van der Waals surface area contributed by atoms with Gasteiger partial charge in [-0.15, -0.1) is 0 Å². The van der Waals surface area contributed by atoms with Crippen molar-refractivity contribution in [2.24, 2.45) is 0 Å². The molecule has 1 aliphatic heterocycles. The highest BCUT2D eigenvalue weighted by Gasteiger charge is 2.37. The molecule has 0 radical (unpaired) electrons. The summed E-state index contributed by atoms with van der Waals surface area (Å²) < 4.78 is 42.1. The third-order valence-corrected chi connectivity index (χ3v) is 6.34. The molecule has 1 saturated heterocycles. The number of fused-ring (bicyclic) bond motifs is 1. The van der Waals surface area contributed by atoms with E-state index in [4.69, 9.17) is 11.6 Å². The first-order valence-electron chi connectivity index (χ1n) is 10.7. The van der Waals surface area contributed by atoms with Crippen molar-refractivity contribution in [1.82, 2.24) is 9.78 Å². The van der Waals surface area contributed by atoms with Crippen LogP contribution >= 0.6 is 11.6 Å². The van der Waals surface area contributed by atoms with Crippen molar-refractivity contribution >= 4 is 40.1 Å². The number of carbonyl (C=O) groups excluding carboxylic acids is 1. The lowest BCUT2D eigenvalue weighted by Crippen LogP contribution is -2.50. The molecule has 0 bridgehead atoms. The highest BCUT2D eigenvalue weighted by Crippen LogP contribution is 2.37. The van der Waals surface area contributed by atoms with Gasteiger partial charge in [0, 0.05) is 29.7 Å². The minimum atomic E-state index is -4.83. The zero-order valence-electron chi connectivity index (χ0n) is 18.3. The number of aliphatic hydroxyl groups is 1. The Labute approximate surface area is 206 Å². The van der Waals surface area contributed by atoms with E-state index in [0.29, 0.717) is 29.7 Å². The summed E-state index contributed by atoms with van der Waals surface area (Å²) in [5, 5.41) is 23.3. The van der Waals surface area contributed by atoms with Crippen LogP contribution in [0.25, 0.3) is 22.2 Å². The van der Waals surface area contributed by atoms with Gasteiger partial charge in [0.2, 0.25) is 0 Å². The van der Waals surface area contributed by atoms with Gasteiger partial charge in [0.25, 0.3) is 5.91 Å². The maximum atomic E-state index is 13.7. The number of halogens is 4. The number of aromatic carboxylic acids is 1. The molecule has 36 heavy (non-hydrogen) atoms. The molecule has 0 atom stereocenters. The number of nitrogens with zero attached hydrogens (tertiary/aromatic N) is 3. The summed E-state index contributed by atoms with van der Waals surface area (Å²) in [6.45, 7) is 0.750. The number of carboxylic acids is 1. The summed E-state index contributed by atoms with van der Waals surface area (Å²) in [5.41, 5.74) is -0.214. The molecule has 1 fully saturated rings. The highest BCUT2D eigenvalue weighted by atomic mass is 35.5. The van der Waals surface area contributed by atoms with Crippen LogP contribution in [0, 0.1) is 0 Å². The first kappa shape index (κ1) is 23.8. The van der Waals surface area contributed by atoms with Crippen LogP contribution in [0.4, 0.5) is 18.9 Å².